The number of amides is 1. The van der Waals surface area contributed by atoms with Crippen LogP contribution in [0.1, 0.15) is 37.7 Å². The molecule has 2 fully saturated rings. The van der Waals surface area contributed by atoms with Gasteiger partial charge in [-0.25, -0.2) is 16.8 Å². The Hall–Kier alpha value is -2.79. The van der Waals surface area contributed by atoms with Gasteiger partial charge in [0.2, 0.25) is 26.0 Å². The minimum atomic E-state index is -3.63. The molecule has 0 aromatic heterocycles. The second-order valence-electron chi connectivity index (χ2n) is 10.0. The highest BCUT2D eigenvalue weighted by atomic mass is 32.2. The first kappa shape index (κ1) is 26.8. The van der Waals surface area contributed by atoms with E-state index in [0.29, 0.717) is 32.5 Å². The number of carbonyl (C=O) groups excluding carboxylic acids is 1. The molecule has 202 valence electrons. The fraction of sp³-hybridized carbons (Fsp3) is 0.393. The summed E-state index contributed by atoms with van der Waals surface area (Å²) in [7, 11) is -7.12. The van der Waals surface area contributed by atoms with Gasteiger partial charge < -0.3 is 5.32 Å². The molecule has 10 heteroatoms. The maximum absolute atomic E-state index is 13.2. The molecule has 2 aliphatic heterocycles. The molecule has 3 aromatic carbocycles. The first-order valence-electron chi connectivity index (χ1n) is 13.1. The molecule has 38 heavy (non-hydrogen) atoms. The third-order valence-electron chi connectivity index (χ3n) is 7.53. The maximum atomic E-state index is 13.2. The monoisotopic (exact) mass is 555 g/mol. The lowest BCUT2D eigenvalue weighted by molar-refractivity contribution is -0.126. The van der Waals surface area contributed by atoms with E-state index in [2.05, 4.69) is 5.32 Å². The molecule has 0 atom stereocenters. The fourth-order valence-electron chi connectivity index (χ4n) is 5.20. The number of hydrogen-bond donors (Lipinski definition) is 1. The van der Waals surface area contributed by atoms with Crippen molar-refractivity contribution in [3.8, 4) is 0 Å². The second-order valence-corrected chi connectivity index (χ2v) is 13.9. The lowest BCUT2D eigenvalue weighted by atomic mass is 9.97. The van der Waals surface area contributed by atoms with Gasteiger partial charge in [-0.3, -0.25) is 4.79 Å². The predicted molar refractivity (Wildman–Crippen MR) is 146 cm³/mol. The molecule has 8 nitrogen and oxygen atoms in total. The highest BCUT2D eigenvalue weighted by Gasteiger charge is 2.32. The number of benzene rings is 3. The van der Waals surface area contributed by atoms with Crippen molar-refractivity contribution in [2.45, 2.75) is 48.4 Å². The fourth-order valence-corrected chi connectivity index (χ4v) is 8.23. The van der Waals surface area contributed by atoms with Gasteiger partial charge in [0.15, 0.2) is 0 Å². The van der Waals surface area contributed by atoms with Crippen LogP contribution in [0, 0.1) is 5.92 Å². The van der Waals surface area contributed by atoms with Crippen LogP contribution in [0.25, 0.3) is 10.8 Å². The first-order valence-corrected chi connectivity index (χ1v) is 16.0. The number of rotatable bonds is 7. The van der Waals surface area contributed by atoms with E-state index in [9.17, 15) is 21.6 Å². The summed E-state index contributed by atoms with van der Waals surface area (Å²) in [6, 6.07) is 19.5. The number of nitrogens with zero attached hydrogens (tertiary/aromatic N) is 2. The normalized spacial score (nSPS) is 18.4. The van der Waals surface area contributed by atoms with Crippen molar-refractivity contribution in [2.75, 3.05) is 26.2 Å². The molecule has 2 heterocycles. The molecule has 0 aliphatic carbocycles. The van der Waals surface area contributed by atoms with E-state index in [4.69, 9.17) is 0 Å². The van der Waals surface area contributed by atoms with Gasteiger partial charge in [0.25, 0.3) is 0 Å². The topological polar surface area (TPSA) is 104 Å². The van der Waals surface area contributed by atoms with Crippen molar-refractivity contribution >= 4 is 36.7 Å². The van der Waals surface area contributed by atoms with Gasteiger partial charge >= 0.3 is 0 Å². The van der Waals surface area contributed by atoms with Gasteiger partial charge in [0.1, 0.15) is 0 Å². The van der Waals surface area contributed by atoms with E-state index < -0.39 is 20.0 Å². The summed E-state index contributed by atoms with van der Waals surface area (Å²) in [5.74, 6) is -0.380. The highest BCUT2D eigenvalue weighted by molar-refractivity contribution is 7.89. The van der Waals surface area contributed by atoms with Crippen molar-refractivity contribution in [2.24, 2.45) is 5.92 Å². The minimum absolute atomic E-state index is 0.113. The molecule has 0 unspecified atom stereocenters. The van der Waals surface area contributed by atoms with Crippen LogP contribution in [0.5, 0.6) is 0 Å². The number of hydrogen-bond acceptors (Lipinski definition) is 5. The summed E-state index contributed by atoms with van der Waals surface area (Å²) in [5.41, 5.74) is 0.812. The van der Waals surface area contributed by atoms with E-state index in [0.717, 1.165) is 35.6 Å². The van der Waals surface area contributed by atoms with Crippen LogP contribution in [-0.4, -0.2) is 57.5 Å². The summed E-state index contributed by atoms with van der Waals surface area (Å²) in [6.45, 7) is 1.98. The molecule has 0 spiro atoms. The van der Waals surface area contributed by atoms with Crippen molar-refractivity contribution in [1.82, 2.24) is 13.9 Å². The van der Waals surface area contributed by atoms with Crippen LogP contribution < -0.4 is 5.32 Å². The largest absolute Gasteiger partial charge is 0.352 e. The summed E-state index contributed by atoms with van der Waals surface area (Å²) in [6.07, 6.45) is 3.73. The first-order chi connectivity index (χ1) is 18.2. The van der Waals surface area contributed by atoms with Crippen LogP contribution in [0.3, 0.4) is 0 Å². The quantitative estimate of drug-likeness (QED) is 0.479. The number of fused-ring (bicyclic) bond motifs is 1. The average Bonchev–Trinajstić information content (AvgIpc) is 2.96. The van der Waals surface area contributed by atoms with Gasteiger partial charge in [-0.05, 0) is 66.3 Å². The number of carbonyl (C=O) groups is 1. The molecular formula is C28H33N3O5S2. The van der Waals surface area contributed by atoms with E-state index in [1.54, 1.807) is 40.7 Å². The van der Waals surface area contributed by atoms with Crippen molar-refractivity contribution in [1.29, 1.82) is 0 Å². The van der Waals surface area contributed by atoms with Crippen molar-refractivity contribution in [3.63, 3.8) is 0 Å². The van der Waals surface area contributed by atoms with Crippen LogP contribution in [0.2, 0.25) is 0 Å². The predicted octanol–water partition coefficient (Wildman–Crippen LogP) is 3.73. The Morgan fingerprint density at radius 2 is 1.29 bits per heavy atom. The average molecular weight is 556 g/mol. The van der Waals surface area contributed by atoms with Crippen LogP contribution in [0.15, 0.2) is 76.5 Å². The lowest BCUT2D eigenvalue weighted by Crippen LogP contribution is -2.42. The summed E-state index contributed by atoms with van der Waals surface area (Å²) < 4.78 is 55.0. The Kier molecular flexibility index (Phi) is 7.85. The number of nitrogens with one attached hydrogen (secondary N) is 1. The zero-order valence-corrected chi connectivity index (χ0v) is 22.9. The number of piperidine rings is 2. The third kappa shape index (κ3) is 5.63. The Morgan fingerprint density at radius 3 is 1.97 bits per heavy atom. The van der Waals surface area contributed by atoms with Gasteiger partial charge in [-0.2, -0.15) is 8.61 Å². The van der Waals surface area contributed by atoms with E-state index in [1.807, 2.05) is 30.3 Å². The summed E-state index contributed by atoms with van der Waals surface area (Å²) >= 11 is 0. The van der Waals surface area contributed by atoms with Gasteiger partial charge in [-0.1, -0.05) is 48.9 Å². The van der Waals surface area contributed by atoms with Crippen LogP contribution in [-0.2, 0) is 31.4 Å². The zero-order valence-electron chi connectivity index (χ0n) is 21.3. The molecule has 0 radical (unpaired) electrons. The van der Waals surface area contributed by atoms with Gasteiger partial charge in [0, 0.05) is 38.6 Å². The SMILES string of the molecule is O=C(NCc1ccc(S(=O)(=O)N2CCCCC2)cc1)C1CCN(S(=O)(=O)c2ccc3ccccc3c2)CC1. The zero-order chi connectivity index (χ0) is 26.8. The Balaban J connectivity index is 1.14. The molecule has 2 saturated heterocycles. The Bertz CT molecular complexity index is 1510. The summed E-state index contributed by atoms with van der Waals surface area (Å²) in [4.78, 5) is 13.3. The molecule has 3 aromatic rings. The highest BCUT2D eigenvalue weighted by Crippen LogP contribution is 2.27. The Morgan fingerprint density at radius 1 is 0.711 bits per heavy atom. The van der Waals surface area contributed by atoms with E-state index >= 15 is 0 Å². The molecule has 5 rings (SSSR count). The van der Waals surface area contributed by atoms with Crippen molar-refractivity contribution in [3.05, 3.63) is 72.3 Å². The molecule has 0 saturated carbocycles. The van der Waals surface area contributed by atoms with E-state index in [1.165, 1.54) is 4.31 Å². The molecular weight excluding hydrogens is 522 g/mol. The van der Waals surface area contributed by atoms with Crippen LogP contribution >= 0.6 is 0 Å². The Labute approximate surface area is 224 Å². The molecule has 1 amide bonds. The minimum Gasteiger partial charge on any atom is -0.352 e. The second kappa shape index (κ2) is 11.1. The third-order valence-corrected chi connectivity index (χ3v) is 11.3. The maximum Gasteiger partial charge on any atom is 0.243 e. The van der Waals surface area contributed by atoms with Gasteiger partial charge in [-0.15, -0.1) is 0 Å². The molecule has 2 aliphatic rings. The molecule has 1 N–H and O–H groups in total. The summed E-state index contributed by atoms with van der Waals surface area (Å²) in [5, 5.41) is 4.79. The van der Waals surface area contributed by atoms with Gasteiger partial charge in [0.05, 0.1) is 9.79 Å². The smallest absolute Gasteiger partial charge is 0.243 e. The van der Waals surface area contributed by atoms with E-state index in [-0.39, 0.29) is 34.7 Å². The lowest BCUT2D eigenvalue weighted by Gasteiger charge is -2.30. The molecule has 0 bridgehead atoms. The van der Waals surface area contributed by atoms with Crippen LogP contribution in [0.4, 0.5) is 0 Å². The number of sulfonamides is 2. The van der Waals surface area contributed by atoms with Crippen molar-refractivity contribution < 1.29 is 21.6 Å². The standard InChI is InChI=1S/C28H33N3O5S2/c32-28(29-21-22-8-11-26(12-9-22)37(33,34)30-16-4-1-5-17-30)24-14-18-31(19-15-24)38(35,36)27-13-10-23-6-2-3-7-25(23)20-27/h2-3,6-13,20,24H,1,4-5,14-19,21H2,(H,29,32).